The Hall–Kier alpha value is -2.50. The number of esters is 1. The van der Waals surface area contributed by atoms with Crippen molar-refractivity contribution in [2.45, 2.75) is 26.9 Å². The SMILES string of the molecule is Cc1cc(=O)c(C(=O)OC(C)C)nn1-c1ccccc1F. The van der Waals surface area contributed by atoms with Crippen LogP contribution in [0.1, 0.15) is 30.0 Å². The third-order valence-corrected chi connectivity index (χ3v) is 2.72. The normalized spacial score (nSPS) is 10.7. The van der Waals surface area contributed by atoms with Gasteiger partial charge in [-0.25, -0.2) is 13.9 Å². The van der Waals surface area contributed by atoms with Crippen LogP contribution in [0.4, 0.5) is 4.39 Å². The van der Waals surface area contributed by atoms with Gasteiger partial charge in [-0.1, -0.05) is 12.1 Å². The maximum absolute atomic E-state index is 13.8. The topological polar surface area (TPSA) is 61.2 Å². The highest BCUT2D eigenvalue weighted by molar-refractivity contribution is 5.87. The molecular weight excluding hydrogens is 275 g/mol. The highest BCUT2D eigenvalue weighted by Crippen LogP contribution is 2.13. The van der Waals surface area contributed by atoms with Crippen molar-refractivity contribution in [1.29, 1.82) is 0 Å². The molecule has 5 nitrogen and oxygen atoms in total. The molecule has 0 N–H and O–H groups in total. The second-order valence-corrected chi connectivity index (χ2v) is 4.82. The van der Waals surface area contributed by atoms with Gasteiger partial charge >= 0.3 is 5.97 Å². The summed E-state index contributed by atoms with van der Waals surface area (Å²) in [5.74, 6) is -1.32. The largest absolute Gasteiger partial charge is 0.458 e. The lowest BCUT2D eigenvalue weighted by Crippen LogP contribution is -2.26. The van der Waals surface area contributed by atoms with E-state index >= 15 is 0 Å². The first-order chi connectivity index (χ1) is 9.90. The molecule has 0 radical (unpaired) electrons. The highest BCUT2D eigenvalue weighted by atomic mass is 19.1. The number of hydrogen-bond acceptors (Lipinski definition) is 4. The van der Waals surface area contributed by atoms with Gasteiger partial charge in [0.1, 0.15) is 11.5 Å². The lowest BCUT2D eigenvalue weighted by atomic mass is 10.2. The van der Waals surface area contributed by atoms with E-state index in [9.17, 15) is 14.0 Å². The molecule has 0 aliphatic heterocycles. The molecular formula is C15H15FN2O3. The second kappa shape index (κ2) is 5.87. The Bertz CT molecular complexity index is 738. The summed E-state index contributed by atoms with van der Waals surface area (Å²) in [6.07, 6.45) is -0.373. The van der Waals surface area contributed by atoms with Gasteiger partial charge in [0.25, 0.3) is 0 Å². The van der Waals surface area contributed by atoms with E-state index in [1.165, 1.54) is 22.9 Å². The Morgan fingerprint density at radius 3 is 2.62 bits per heavy atom. The van der Waals surface area contributed by atoms with Crippen LogP contribution in [0, 0.1) is 12.7 Å². The van der Waals surface area contributed by atoms with Gasteiger partial charge in [-0.2, -0.15) is 5.10 Å². The van der Waals surface area contributed by atoms with E-state index in [2.05, 4.69) is 5.10 Å². The minimum Gasteiger partial charge on any atom is -0.458 e. The number of aryl methyl sites for hydroxylation is 1. The van der Waals surface area contributed by atoms with E-state index in [1.54, 1.807) is 32.9 Å². The molecule has 1 aromatic heterocycles. The molecule has 0 saturated heterocycles. The van der Waals surface area contributed by atoms with Crippen LogP contribution >= 0.6 is 0 Å². The van der Waals surface area contributed by atoms with Crippen LogP contribution < -0.4 is 5.43 Å². The molecule has 1 aromatic carbocycles. The van der Waals surface area contributed by atoms with Crippen LogP contribution in [-0.4, -0.2) is 21.9 Å². The Morgan fingerprint density at radius 1 is 1.33 bits per heavy atom. The number of halogens is 1. The number of hydrogen-bond donors (Lipinski definition) is 0. The molecule has 0 atom stereocenters. The zero-order valence-corrected chi connectivity index (χ0v) is 12.0. The van der Waals surface area contributed by atoms with E-state index in [1.807, 2.05) is 0 Å². The fraction of sp³-hybridized carbons (Fsp3) is 0.267. The van der Waals surface area contributed by atoms with Gasteiger partial charge in [0.2, 0.25) is 11.1 Å². The summed E-state index contributed by atoms with van der Waals surface area (Å²) in [5.41, 5.74) is -0.330. The van der Waals surface area contributed by atoms with Crippen molar-refractivity contribution >= 4 is 5.97 Å². The Balaban J connectivity index is 2.57. The number of carbonyl (C=O) groups excluding carboxylic acids is 1. The summed E-state index contributed by atoms with van der Waals surface area (Å²) in [6.45, 7) is 4.95. The number of carbonyl (C=O) groups is 1. The van der Waals surface area contributed by atoms with E-state index in [-0.39, 0.29) is 17.5 Å². The summed E-state index contributed by atoms with van der Waals surface area (Å²) in [7, 11) is 0. The number of para-hydroxylation sites is 1. The van der Waals surface area contributed by atoms with Gasteiger partial charge in [0, 0.05) is 11.8 Å². The van der Waals surface area contributed by atoms with Crippen LogP contribution in [0.3, 0.4) is 0 Å². The smallest absolute Gasteiger partial charge is 0.363 e. The summed E-state index contributed by atoms with van der Waals surface area (Å²) in [4.78, 5) is 23.7. The lowest BCUT2D eigenvalue weighted by Gasteiger charge is -2.12. The Morgan fingerprint density at radius 2 is 2.00 bits per heavy atom. The minimum absolute atomic E-state index is 0.161. The average Bonchev–Trinajstić information content (AvgIpc) is 2.39. The van der Waals surface area contributed by atoms with Crippen LogP contribution in [-0.2, 0) is 4.74 Å². The number of ether oxygens (including phenoxy) is 1. The van der Waals surface area contributed by atoms with E-state index in [0.29, 0.717) is 5.69 Å². The summed E-state index contributed by atoms with van der Waals surface area (Å²) < 4.78 is 20.0. The molecule has 0 fully saturated rings. The quantitative estimate of drug-likeness (QED) is 0.813. The molecule has 0 aliphatic rings. The van der Waals surface area contributed by atoms with Crippen molar-refractivity contribution in [3.8, 4) is 5.69 Å². The van der Waals surface area contributed by atoms with E-state index < -0.39 is 17.2 Å². The zero-order chi connectivity index (χ0) is 15.6. The number of rotatable bonds is 3. The third-order valence-electron chi connectivity index (χ3n) is 2.72. The minimum atomic E-state index is -0.819. The van der Waals surface area contributed by atoms with Crippen LogP contribution in [0.5, 0.6) is 0 Å². The molecule has 2 aromatic rings. The van der Waals surface area contributed by atoms with Crippen LogP contribution in [0.15, 0.2) is 35.1 Å². The molecule has 0 saturated carbocycles. The van der Waals surface area contributed by atoms with Gasteiger partial charge in [-0.05, 0) is 32.9 Å². The van der Waals surface area contributed by atoms with Crippen molar-refractivity contribution in [3.05, 3.63) is 57.8 Å². The molecule has 6 heteroatoms. The lowest BCUT2D eigenvalue weighted by molar-refractivity contribution is 0.0367. The molecule has 0 bridgehead atoms. The third kappa shape index (κ3) is 3.16. The van der Waals surface area contributed by atoms with Crippen LogP contribution in [0.2, 0.25) is 0 Å². The average molecular weight is 290 g/mol. The molecule has 110 valence electrons. The molecule has 0 spiro atoms. The van der Waals surface area contributed by atoms with Gasteiger partial charge in [0.05, 0.1) is 6.10 Å². The summed E-state index contributed by atoms with van der Waals surface area (Å²) in [5, 5.41) is 3.95. The van der Waals surface area contributed by atoms with Gasteiger partial charge in [-0.3, -0.25) is 4.79 Å². The first kappa shape index (κ1) is 14.9. The first-order valence-corrected chi connectivity index (χ1v) is 6.47. The van der Waals surface area contributed by atoms with Gasteiger partial charge in [0.15, 0.2) is 0 Å². The van der Waals surface area contributed by atoms with Crippen LogP contribution in [0.25, 0.3) is 5.69 Å². The van der Waals surface area contributed by atoms with Crippen molar-refractivity contribution in [2.75, 3.05) is 0 Å². The van der Waals surface area contributed by atoms with E-state index in [4.69, 9.17) is 4.74 Å². The first-order valence-electron chi connectivity index (χ1n) is 6.47. The maximum atomic E-state index is 13.8. The molecule has 0 aliphatic carbocycles. The molecule has 0 amide bonds. The summed E-state index contributed by atoms with van der Waals surface area (Å²) in [6, 6.07) is 7.21. The summed E-state index contributed by atoms with van der Waals surface area (Å²) >= 11 is 0. The number of benzene rings is 1. The maximum Gasteiger partial charge on any atom is 0.363 e. The predicted molar refractivity (Wildman–Crippen MR) is 75.1 cm³/mol. The Labute approximate surface area is 121 Å². The van der Waals surface area contributed by atoms with Crippen molar-refractivity contribution in [1.82, 2.24) is 9.78 Å². The van der Waals surface area contributed by atoms with Crippen molar-refractivity contribution < 1.29 is 13.9 Å². The number of nitrogens with zero attached hydrogens (tertiary/aromatic N) is 2. The predicted octanol–water partition coefficient (Wildman–Crippen LogP) is 2.25. The Kier molecular flexibility index (Phi) is 4.16. The number of aromatic nitrogens is 2. The fourth-order valence-electron chi connectivity index (χ4n) is 1.83. The monoisotopic (exact) mass is 290 g/mol. The highest BCUT2D eigenvalue weighted by Gasteiger charge is 2.18. The van der Waals surface area contributed by atoms with Gasteiger partial charge in [-0.15, -0.1) is 0 Å². The second-order valence-electron chi connectivity index (χ2n) is 4.82. The zero-order valence-electron chi connectivity index (χ0n) is 12.0. The fourth-order valence-corrected chi connectivity index (χ4v) is 1.83. The van der Waals surface area contributed by atoms with Gasteiger partial charge < -0.3 is 4.74 Å². The molecule has 2 rings (SSSR count). The van der Waals surface area contributed by atoms with Crippen molar-refractivity contribution in [2.24, 2.45) is 0 Å². The molecule has 21 heavy (non-hydrogen) atoms. The molecule has 1 heterocycles. The van der Waals surface area contributed by atoms with E-state index in [0.717, 1.165) is 0 Å². The van der Waals surface area contributed by atoms with Crippen molar-refractivity contribution in [3.63, 3.8) is 0 Å². The standard InChI is InChI=1S/C15H15FN2O3/c1-9(2)21-15(20)14-13(19)8-10(3)18(17-14)12-7-5-4-6-11(12)16/h4-9H,1-3H3. The molecule has 0 unspecified atom stereocenters.